The first kappa shape index (κ1) is 14.3. The number of hydrogen-bond acceptors (Lipinski definition) is 3. The van der Waals surface area contributed by atoms with Crippen molar-refractivity contribution in [2.75, 3.05) is 31.5 Å². The van der Waals surface area contributed by atoms with Crippen molar-refractivity contribution in [3.05, 3.63) is 29.8 Å². The molecule has 1 saturated heterocycles. The van der Waals surface area contributed by atoms with Crippen molar-refractivity contribution in [1.82, 2.24) is 10.2 Å². The van der Waals surface area contributed by atoms with Crippen molar-refractivity contribution in [1.29, 1.82) is 0 Å². The number of urea groups is 1. The first-order chi connectivity index (χ1) is 9.65. The predicted molar refractivity (Wildman–Crippen MR) is 75.9 cm³/mol. The molecule has 0 atom stereocenters. The number of anilines is 1. The second kappa shape index (κ2) is 6.91. The summed E-state index contributed by atoms with van der Waals surface area (Å²) in [6.45, 7) is 3.02. The molecular weight excluding hydrogens is 258 g/mol. The Bertz CT molecular complexity index is 484. The molecule has 108 valence electrons. The maximum absolute atomic E-state index is 12.0. The molecule has 2 amide bonds. The molecule has 0 radical (unpaired) electrons. The third-order valence-electron chi connectivity index (χ3n) is 3.21. The van der Waals surface area contributed by atoms with Crippen molar-refractivity contribution in [2.24, 2.45) is 0 Å². The van der Waals surface area contributed by atoms with Gasteiger partial charge in [-0.25, -0.2) is 4.79 Å². The molecule has 0 saturated carbocycles. The van der Waals surface area contributed by atoms with Gasteiger partial charge < -0.3 is 20.6 Å². The van der Waals surface area contributed by atoms with E-state index in [1.54, 1.807) is 4.90 Å². The van der Waals surface area contributed by atoms with Crippen LogP contribution in [-0.4, -0.2) is 48.2 Å². The van der Waals surface area contributed by atoms with E-state index in [0.29, 0.717) is 25.2 Å². The second-order valence-electron chi connectivity index (χ2n) is 4.76. The van der Waals surface area contributed by atoms with Crippen molar-refractivity contribution in [3.63, 3.8) is 0 Å². The number of aryl methyl sites for hydroxylation is 1. The predicted octanol–water partition coefficient (Wildman–Crippen LogP) is 1.14. The molecule has 6 heteroatoms. The Kier molecular flexibility index (Phi) is 4.95. The molecule has 1 aromatic rings. The number of piperazine rings is 1. The number of carbonyl (C=O) groups excluding carboxylic acids is 1. The topological polar surface area (TPSA) is 81.7 Å². The largest absolute Gasteiger partial charge is 0.481 e. The standard InChI is InChI=1S/C14H19N3O3/c18-13(19)5-4-11-2-1-3-12(10-11)16-14(20)17-8-6-15-7-9-17/h1-3,10,15H,4-9H2,(H,16,20)(H,18,19). The van der Waals surface area contributed by atoms with Crippen LogP contribution >= 0.6 is 0 Å². The van der Waals surface area contributed by atoms with E-state index in [1.165, 1.54) is 0 Å². The normalized spacial score (nSPS) is 14.9. The molecule has 0 aliphatic carbocycles. The van der Waals surface area contributed by atoms with Crippen LogP contribution in [0, 0.1) is 0 Å². The summed E-state index contributed by atoms with van der Waals surface area (Å²) in [5.41, 5.74) is 1.61. The van der Waals surface area contributed by atoms with Gasteiger partial charge in [-0.3, -0.25) is 4.79 Å². The molecule has 0 bridgehead atoms. The van der Waals surface area contributed by atoms with E-state index in [2.05, 4.69) is 10.6 Å². The zero-order valence-electron chi connectivity index (χ0n) is 11.3. The molecule has 1 aromatic carbocycles. The summed E-state index contributed by atoms with van der Waals surface area (Å²) in [5.74, 6) is -0.819. The Morgan fingerprint density at radius 3 is 2.75 bits per heavy atom. The van der Waals surface area contributed by atoms with E-state index in [4.69, 9.17) is 5.11 Å². The molecule has 0 spiro atoms. The van der Waals surface area contributed by atoms with Crippen molar-refractivity contribution in [2.45, 2.75) is 12.8 Å². The lowest BCUT2D eigenvalue weighted by Gasteiger charge is -2.27. The van der Waals surface area contributed by atoms with Gasteiger partial charge in [-0.15, -0.1) is 0 Å². The van der Waals surface area contributed by atoms with Crippen LogP contribution in [0.1, 0.15) is 12.0 Å². The fraction of sp³-hybridized carbons (Fsp3) is 0.429. The van der Waals surface area contributed by atoms with Crippen LogP contribution in [0.4, 0.5) is 10.5 Å². The van der Waals surface area contributed by atoms with Crippen LogP contribution < -0.4 is 10.6 Å². The van der Waals surface area contributed by atoms with Crippen molar-refractivity contribution < 1.29 is 14.7 Å². The van der Waals surface area contributed by atoms with E-state index in [0.717, 1.165) is 18.7 Å². The highest BCUT2D eigenvalue weighted by molar-refractivity contribution is 5.89. The number of nitrogens with one attached hydrogen (secondary N) is 2. The molecule has 1 fully saturated rings. The van der Waals surface area contributed by atoms with Gasteiger partial charge in [0.15, 0.2) is 0 Å². The zero-order chi connectivity index (χ0) is 14.4. The van der Waals surface area contributed by atoms with Crippen LogP contribution in [0.5, 0.6) is 0 Å². The zero-order valence-corrected chi connectivity index (χ0v) is 11.3. The molecule has 20 heavy (non-hydrogen) atoms. The average Bonchev–Trinajstić information content (AvgIpc) is 2.46. The van der Waals surface area contributed by atoms with E-state index >= 15 is 0 Å². The van der Waals surface area contributed by atoms with Gasteiger partial charge in [-0.2, -0.15) is 0 Å². The van der Waals surface area contributed by atoms with Gasteiger partial charge in [-0.05, 0) is 24.1 Å². The van der Waals surface area contributed by atoms with Gasteiger partial charge in [0.25, 0.3) is 0 Å². The number of nitrogens with zero attached hydrogens (tertiary/aromatic N) is 1. The quantitative estimate of drug-likeness (QED) is 0.771. The molecule has 1 aliphatic heterocycles. The minimum Gasteiger partial charge on any atom is -0.481 e. The third kappa shape index (κ3) is 4.24. The number of carboxylic acid groups (broad SMARTS) is 1. The van der Waals surface area contributed by atoms with Crippen molar-refractivity contribution in [3.8, 4) is 0 Å². The Labute approximate surface area is 117 Å². The number of carbonyl (C=O) groups is 2. The van der Waals surface area contributed by atoms with Crippen LogP contribution in [0.25, 0.3) is 0 Å². The first-order valence-corrected chi connectivity index (χ1v) is 6.72. The molecular formula is C14H19N3O3. The van der Waals surface area contributed by atoms with E-state index in [-0.39, 0.29) is 12.5 Å². The highest BCUT2D eigenvalue weighted by atomic mass is 16.4. The summed E-state index contributed by atoms with van der Waals surface area (Å²) < 4.78 is 0. The molecule has 1 heterocycles. The highest BCUT2D eigenvalue weighted by Crippen LogP contribution is 2.13. The Morgan fingerprint density at radius 1 is 1.30 bits per heavy atom. The van der Waals surface area contributed by atoms with E-state index in [1.807, 2.05) is 24.3 Å². The minimum absolute atomic E-state index is 0.0925. The molecule has 2 rings (SSSR count). The SMILES string of the molecule is O=C(O)CCc1cccc(NC(=O)N2CCNCC2)c1. The number of amides is 2. The smallest absolute Gasteiger partial charge is 0.321 e. The Hall–Kier alpha value is -2.08. The monoisotopic (exact) mass is 277 g/mol. The fourth-order valence-corrected chi connectivity index (χ4v) is 2.13. The van der Waals surface area contributed by atoms with Crippen LogP contribution in [0.2, 0.25) is 0 Å². The summed E-state index contributed by atoms with van der Waals surface area (Å²) in [6.07, 6.45) is 0.557. The minimum atomic E-state index is -0.819. The highest BCUT2D eigenvalue weighted by Gasteiger charge is 2.15. The average molecular weight is 277 g/mol. The number of rotatable bonds is 4. The Morgan fingerprint density at radius 2 is 2.05 bits per heavy atom. The van der Waals surface area contributed by atoms with Crippen LogP contribution in [0.15, 0.2) is 24.3 Å². The maximum atomic E-state index is 12.0. The number of carboxylic acids is 1. The van der Waals surface area contributed by atoms with Crippen LogP contribution in [0.3, 0.4) is 0 Å². The van der Waals surface area contributed by atoms with Crippen molar-refractivity contribution >= 4 is 17.7 Å². The lowest BCUT2D eigenvalue weighted by atomic mass is 10.1. The molecule has 1 aliphatic rings. The van der Waals surface area contributed by atoms with Crippen LogP contribution in [-0.2, 0) is 11.2 Å². The summed E-state index contributed by atoms with van der Waals surface area (Å²) >= 11 is 0. The lowest BCUT2D eigenvalue weighted by Crippen LogP contribution is -2.48. The maximum Gasteiger partial charge on any atom is 0.321 e. The fourth-order valence-electron chi connectivity index (χ4n) is 2.13. The molecule has 6 nitrogen and oxygen atoms in total. The van der Waals surface area contributed by atoms with Gasteiger partial charge in [0, 0.05) is 38.3 Å². The second-order valence-corrected chi connectivity index (χ2v) is 4.76. The van der Waals surface area contributed by atoms with Gasteiger partial charge in [-0.1, -0.05) is 12.1 Å². The first-order valence-electron chi connectivity index (χ1n) is 6.72. The van der Waals surface area contributed by atoms with E-state index in [9.17, 15) is 9.59 Å². The van der Waals surface area contributed by atoms with Gasteiger partial charge in [0.2, 0.25) is 0 Å². The molecule has 3 N–H and O–H groups in total. The van der Waals surface area contributed by atoms with Gasteiger partial charge in [0.1, 0.15) is 0 Å². The number of benzene rings is 1. The van der Waals surface area contributed by atoms with Gasteiger partial charge in [0.05, 0.1) is 0 Å². The lowest BCUT2D eigenvalue weighted by molar-refractivity contribution is -0.136. The summed E-state index contributed by atoms with van der Waals surface area (Å²) in [4.78, 5) is 24.4. The number of hydrogen-bond donors (Lipinski definition) is 3. The third-order valence-corrected chi connectivity index (χ3v) is 3.21. The van der Waals surface area contributed by atoms with E-state index < -0.39 is 5.97 Å². The molecule has 0 unspecified atom stereocenters. The number of aliphatic carboxylic acids is 1. The Balaban J connectivity index is 1.93. The van der Waals surface area contributed by atoms with Gasteiger partial charge >= 0.3 is 12.0 Å². The molecule has 0 aromatic heterocycles. The summed E-state index contributed by atoms with van der Waals surface area (Å²) in [6, 6.07) is 7.21. The summed E-state index contributed by atoms with van der Waals surface area (Å²) in [7, 11) is 0. The summed E-state index contributed by atoms with van der Waals surface area (Å²) in [5, 5.41) is 14.7.